The molecule has 1 aromatic carbocycles. The third-order valence-corrected chi connectivity index (χ3v) is 17.8. The van der Waals surface area contributed by atoms with Crippen molar-refractivity contribution in [2.75, 3.05) is 6.54 Å². The number of carbonyl (C=O) groups excluding carboxylic acids is 1. The van der Waals surface area contributed by atoms with Gasteiger partial charge >= 0.3 is 5.97 Å². The van der Waals surface area contributed by atoms with Crippen LogP contribution in [0.15, 0.2) is 65.3 Å². The van der Waals surface area contributed by atoms with E-state index in [-0.39, 0.29) is 11.9 Å². The van der Waals surface area contributed by atoms with Crippen molar-refractivity contribution in [3.8, 4) is 0 Å². The highest BCUT2D eigenvalue weighted by Crippen LogP contribution is 2.75. The van der Waals surface area contributed by atoms with Gasteiger partial charge < -0.3 is 10.1 Å². The molecule has 0 amide bonds. The van der Waals surface area contributed by atoms with Gasteiger partial charge in [0.25, 0.3) is 0 Å². The predicted octanol–water partition coefficient (Wildman–Crippen LogP) is 11.5. The highest BCUT2D eigenvalue weighted by atomic mass is 16.5. The molecule has 1 aromatic rings. The van der Waals surface area contributed by atoms with E-state index in [4.69, 9.17) is 4.74 Å². The van der Waals surface area contributed by atoms with Gasteiger partial charge in [0.05, 0.1) is 5.92 Å². The zero-order valence-corrected chi connectivity index (χ0v) is 32.5. The van der Waals surface area contributed by atoms with E-state index in [0.717, 1.165) is 66.9 Å². The molecule has 3 heteroatoms. The van der Waals surface area contributed by atoms with Crippen LogP contribution >= 0.6 is 0 Å². The second kappa shape index (κ2) is 13.0. The molecule has 0 aromatic heterocycles. The number of hydrogen-bond donors (Lipinski definition) is 1. The minimum atomic E-state index is -0.0236. The maximum atomic E-state index is 13.0. The van der Waals surface area contributed by atoms with Crippen LogP contribution < -0.4 is 5.32 Å². The summed E-state index contributed by atoms with van der Waals surface area (Å²) in [5, 5.41) is 4.33. The van der Waals surface area contributed by atoms with Gasteiger partial charge in [-0.1, -0.05) is 88.2 Å². The van der Waals surface area contributed by atoms with Crippen molar-refractivity contribution in [3.05, 3.63) is 70.8 Å². The van der Waals surface area contributed by atoms with Crippen LogP contribution in [0.4, 0.5) is 0 Å². The van der Waals surface area contributed by atoms with Crippen LogP contribution in [-0.2, 0) is 16.1 Å². The van der Waals surface area contributed by atoms with Crippen LogP contribution in [0.2, 0.25) is 0 Å². The number of nitrogens with one attached hydrogen (secondary N) is 1. The van der Waals surface area contributed by atoms with Crippen LogP contribution in [0.3, 0.4) is 0 Å². The molecule has 9 rings (SSSR count). The van der Waals surface area contributed by atoms with Crippen molar-refractivity contribution in [2.24, 2.45) is 63.6 Å². The molecule has 0 saturated heterocycles. The summed E-state index contributed by atoms with van der Waals surface area (Å²) in [5.41, 5.74) is 7.74. The van der Waals surface area contributed by atoms with Crippen molar-refractivity contribution < 1.29 is 9.53 Å². The normalized spacial score (nSPS) is 43.1. The molecule has 1 N–H and O–H groups in total. The second-order valence-electron chi connectivity index (χ2n) is 20.0. The first-order valence-electron chi connectivity index (χ1n) is 21.7. The van der Waals surface area contributed by atoms with E-state index in [1.807, 2.05) is 35.9 Å². The molecule has 10 atom stereocenters. The Labute approximate surface area is 309 Å². The SMILES string of the molecule is CC1C(C2=CC[C@H](C(=O)OCc3ccccc3)CC2)=CCC2(C)C1CCC1(C)C2CCC2[C@H]3CCCC3(NCC=C(C3CC3)C3CC3)CC[C@]21C. The number of allylic oxidation sites excluding steroid dienone is 5. The van der Waals surface area contributed by atoms with Crippen molar-refractivity contribution in [3.63, 3.8) is 0 Å². The van der Waals surface area contributed by atoms with E-state index in [0.29, 0.717) is 34.3 Å². The molecule has 3 nitrogen and oxygen atoms in total. The first-order chi connectivity index (χ1) is 24.7. The minimum absolute atomic E-state index is 0.00254. The summed E-state index contributed by atoms with van der Waals surface area (Å²) in [6.45, 7) is 12.4. The number of rotatable bonds is 9. The van der Waals surface area contributed by atoms with Gasteiger partial charge in [0.15, 0.2) is 0 Å². The van der Waals surface area contributed by atoms with Crippen LogP contribution in [0.25, 0.3) is 0 Å². The van der Waals surface area contributed by atoms with Gasteiger partial charge in [0, 0.05) is 12.1 Å². The van der Waals surface area contributed by atoms with Gasteiger partial charge in [-0.05, 0) is 177 Å². The molecule has 0 heterocycles. The lowest BCUT2D eigenvalue weighted by Gasteiger charge is -2.71. The van der Waals surface area contributed by atoms with E-state index in [9.17, 15) is 4.79 Å². The molecule has 276 valence electrons. The lowest BCUT2D eigenvalue weighted by atomic mass is 9.34. The standard InChI is InChI=1S/C48H67NO2/c1-32-38(34-16-18-37(19-17-34)44(50)51-31-33-9-6-5-7-10-33)22-26-45(2)40(32)23-27-47(4)43(45)21-20-41-42-11-8-25-48(42,29-28-46(41,47)3)49-30-24-39(35-12-13-35)36-14-15-36/h5-7,9-10,16,22,24,32,35-37,40-43,49H,8,11-15,17-21,23,25-31H2,1-4H3/t32?,37-,40?,41?,42+,43?,45?,46+,47?,48?/m0/s1. The van der Waals surface area contributed by atoms with E-state index in [2.05, 4.69) is 51.2 Å². The average Bonchev–Trinajstić information content (AvgIpc) is 4.09. The molecule has 0 radical (unpaired) electrons. The molecule has 8 aliphatic carbocycles. The van der Waals surface area contributed by atoms with Crippen LogP contribution in [0.5, 0.6) is 0 Å². The van der Waals surface area contributed by atoms with Crippen LogP contribution in [0, 0.1) is 63.6 Å². The molecule has 6 saturated carbocycles. The van der Waals surface area contributed by atoms with E-state index >= 15 is 0 Å². The first-order valence-corrected chi connectivity index (χ1v) is 21.7. The summed E-state index contributed by atoms with van der Waals surface area (Å²) in [5.74, 6) is 5.80. The molecule has 0 aliphatic heterocycles. The lowest BCUT2D eigenvalue weighted by molar-refractivity contribution is -0.212. The Morgan fingerprint density at radius 1 is 0.804 bits per heavy atom. The second-order valence-corrected chi connectivity index (χ2v) is 20.0. The number of ether oxygens (including phenoxy) is 1. The summed E-state index contributed by atoms with van der Waals surface area (Å²) >= 11 is 0. The van der Waals surface area contributed by atoms with Gasteiger partial charge in [-0.25, -0.2) is 0 Å². The predicted molar refractivity (Wildman–Crippen MR) is 208 cm³/mol. The Morgan fingerprint density at radius 2 is 1.59 bits per heavy atom. The smallest absolute Gasteiger partial charge is 0.309 e. The van der Waals surface area contributed by atoms with Gasteiger partial charge in [0.1, 0.15) is 6.61 Å². The number of esters is 1. The molecule has 51 heavy (non-hydrogen) atoms. The molecule has 7 unspecified atom stereocenters. The average molecular weight is 690 g/mol. The topological polar surface area (TPSA) is 38.3 Å². The third kappa shape index (κ3) is 5.79. The van der Waals surface area contributed by atoms with Crippen LogP contribution in [-0.4, -0.2) is 18.1 Å². The Balaban J connectivity index is 0.880. The van der Waals surface area contributed by atoms with Crippen LogP contribution in [0.1, 0.15) is 142 Å². The maximum absolute atomic E-state index is 13.0. The Hall–Kier alpha value is -2.13. The van der Waals surface area contributed by atoms with Gasteiger partial charge in [-0.15, -0.1) is 0 Å². The van der Waals surface area contributed by atoms with E-state index < -0.39 is 0 Å². The summed E-state index contributed by atoms with van der Waals surface area (Å²) in [6.07, 6.45) is 30.4. The molecular weight excluding hydrogens is 623 g/mol. The Morgan fingerprint density at radius 3 is 2.31 bits per heavy atom. The number of fused-ring (bicyclic) bond motifs is 7. The fourth-order valence-electron chi connectivity index (χ4n) is 14.6. The largest absolute Gasteiger partial charge is 0.461 e. The van der Waals surface area contributed by atoms with Gasteiger partial charge in [-0.3, -0.25) is 4.79 Å². The van der Waals surface area contributed by atoms with Gasteiger partial charge in [-0.2, -0.15) is 0 Å². The highest BCUT2D eigenvalue weighted by Gasteiger charge is 2.68. The summed E-state index contributed by atoms with van der Waals surface area (Å²) in [6, 6.07) is 10.1. The van der Waals surface area contributed by atoms with Crippen molar-refractivity contribution in [2.45, 2.75) is 149 Å². The number of benzene rings is 1. The third-order valence-electron chi connectivity index (χ3n) is 17.8. The Bertz CT molecular complexity index is 1570. The van der Waals surface area contributed by atoms with Crippen molar-refractivity contribution in [1.82, 2.24) is 5.32 Å². The Kier molecular flexibility index (Phi) is 8.84. The molecular formula is C48H67NO2. The zero-order valence-electron chi connectivity index (χ0n) is 32.5. The maximum Gasteiger partial charge on any atom is 0.309 e. The number of hydrogen-bond acceptors (Lipinski definition) is 3. The monoisotopic (exact) mass is 690 g/mol. The van der Waals surface area contributed by atoms with Crippen molar-refractivity contribution >= 4 is 5.97 Å². The van der Waals surface area contributed by atoms with E-state index in [1.54, 1.807) is 5.57 Å². The lowest BCUT2D eigenvalue weighted by Crippen LogP contribution is -2.66. The first kappa shape index (κ1) is 34.6. The molecule has 0 spiro atoms. The summed E-state index contributed by atoms with van der Waals surface area (Å²) < 4.78 is 5.74. The molecule has 8 aliphatic rings. The fourth-order valence-corrected chi connectivity index (χ4v) is 14.6. The highest BCUT2D eigenvalue weighted by molar-refractivity contribution is 5.73. The van der Waals surface area contributed by atoms with Crippen molar-refractivity contribution in [1.29, 1.82) is 0 Å². The molecule has 0 bridgehead atoms. The number of carbonyl (C=O) groups is 1. The van der Waals surface area contributed by atoms with Gasteiger partial charge in [0.2, 0.25) is 0 Å². The molecule has 6 fully saturated rings. The summed E-state index contributed by atoms with van der Waals surface area (Å²) in [7, 11) is 0. The minimum Gasteiger partial charge on any atom is -0.461 e. The van der Waals surface area contributed by atoms with E-state index in [1.165, 1.54) is 95.5 Å². The summed E-state index contributed by atoms with van der Waals surface area (Å²) in [4.78, 5) is 13.0. The zero-order chi connectivity index (χ0) is 35.0. The fraction of sp³-hybridized carbons (Fsp3) is 0.729. The quantitative estimate of drug-likeness (QED) is 0.207.